The summed E-state index contributed by atoms with van der Waals surface area (Å²) >= 11 is 5.84. The number of nitrogens with zero attached hydrogens (tertiary/aromatic N) is 4. The van der Waals surface area contributed by atoms with Crippen molar-refractivity contribution in [1.29, 1.82) is 0 Å². The molecule has 0 spiro atoms. The molecule has 3 aliphatic rings. The van der Waals surface area contributed by atoms with Crippen LogP contribution in [0.5, 0.6) is 0 Å². The van der Waals surface area contributed by atoms with Gasteiger partial charge in [0.25, 0.3) is 5.91 Å². The second-order valence-corrected chi connectivity index (χ2v) is 14.7. The second kappa shape index (κ2) is 21.8. The van der Waals surface area contributed by atoms with Gasteiger partial charge in [0, 0.05) is 26.2 Å². The number of carbonyl (C=O) groups excluding carboxylic acids is 1. The lowest BCUT2D eigenvalue weighted by atomic mass is 9.84. The SMILES string of the molecule is C[C@@H]1OCC([C@@H](O)[C@H](O)[C@@H](O)CN(CCOC2CCCC(CCCCN=C(N)NC(=O)c3nc(Cl)c(N)nc3N)C2)CC(O)C(O)C(O)C2CO[C@H](C)O2)O1. The molecule has 1 saturated carbocycles. The molecule has 0 radical (unpaired) electrons. The van der Waals surface area contributed by atoms with E-state index < -0.39 is 67.3 Å². The molecule has 13 N–H and O–H groups in total. The van der Waals surface area contributed by atoms with E-state index >= 15 is 0 Å². The van der Waals surface area contributed by atoms with Gasteiger partial charge in [-0.05, 0) is 39.0 Å². The first kappa shape index (κ1) is 45.1. The highest BCUT2D eigenvalue weighted by atomic mass is 35.5. The maximum absolute atomic E-state index is 12.4. The Morgan fingerprint density at radius 2 is 1.55 bits per heavy atom. The van der Waals surface area contributed by atoms with E-state index in [0.717, 1.165) is 44.9 Å². The van der Waals surface area contributed by atoms with E-state index in [1.165, 1.54) is 0 Å². The zero-order chi connectivity index (χ0) is 40.2. The van der Waals surface area contributed by atoms with Crippen molar-refractivity contribution >= 4 is 35.1 Å². The number of aliphatic hydroxyl groups excluding tert-OH is 6. The predicted octanol–water partition coefficient (Wildman–Crippen LogP) is -1.93. The molecule has 1 aromatic rings. The van der Waals surface area contributed by atoms with Crippen LogP contribution in [0.25, 0.3) is 0 Å². The van der Waals surface area contributed by atoms with Gasteiger partial charge in [-0.25, -0.2) is 9.97 Å². The molecule has 4 rings (SSSR count). The number of aliphatic hydroxyl groups is 6. The Balaban J connectivity index is 1.22. The van der Waals surface area contributed by atoms with Crippen LogP contribution in [0, 0.1) is 5.92 Å². The summed E-state index contributed by atoms with van der Waals surface area (Å²) < 4.78 is 27.8. The number of aromatic nitrogens is 2. The van der Waals surface area contributed by atoms with E-state index in [1.807, 2.05) is 0 Å². The number of ether oxygens (including phenoxy) is 5. The van der Waals surface area contributed by atoms with Gasteiger partial charge in [0.05, 0.1) is 38.1 Å². The van der Waals surface area contributed by atoms with Crippen molar-refractivity contribution in [2.45, 2.75) is 126 Å². The third kappa shape index (κ3) is 13.8. The molecule has 0 aromatic carbocycles. The lowest BCUT2D eigenvalue weighted by molar-refractivity contribution is -0.136. The number of nitrogens with one attached hydrogen (secondary N) is 1. The molecule has 3 fully saturated rings. The average Bonchev–Trinajstić information content (AvgIpc) is 3.79. The molecular formula is C34H59ClN8O12. The van der Waals surface area contributed by atoms with Gasteiger partial charge in [-0.1, -0.05) is 37.3 Å². The van der Waals surface area contributed by atoms with Crippen LogP contribution in [0.2, 0.25) is 5.15 Å². The van der Waals surface area contributed by atoms with Crippen molar-refractivity contribution in [3.05, 3.63) is 10.8 Å². The van der Waals surface area contributed by atoms with Crippen molar-refractivity contribution < 1.29 is 59.1 Å². The van der Waals surface area contributed by atoms with Crippen LogP contribution < -0.4 is 22.5 Å². The van der Waals surface area contributed by atoms with Crippen LogP contribution in [-0.2, 0) is 23.7 Å². The van der Waals surface area contributed by atoms with Crippen LogP contribution >= 0.6 is 11.6 Å². The number of hydrogen-bond acceptors (Lipinski definition) is 18. The van der Waals surface area contributed by atoms with E-state index in [2.05, 4.69) is 20.3 Å². The van der Waals surface area contributed by atoms with Gasteiger partial charge in [0.2, 0.25) is 0 Å². The fourth-order valence-electron chi connectivity index (χ4n) is 6.94. The Kier molecular flexibility index (Phi) is 17.9. The smallest absolute Gasteiger partial charge is 0.280 e. The molecule has 0 bridgehead atoms. The van der Waals surface area contributed by atoms with Crippen molar-refractivity contribution in [1.82, 2.24) is 20.2 Å². The van der Waals surface area contributed by atoms with Gasteiger partial charge < -0.3 is 71.5 Å². The molecule has 1 aromatic heterocycles. The summed E-state index contributed by atoms with van der Waals surface area (Å²) in [5, 5.41) is 66.9. The lowest BCUT2D eigenvalue weighted by Gasteiger charge is -2.34. The van der Waals surface area contributed by atoms with E-state index in [-0.39, 0.29) is 74.0 Å². The zero-order valence-corrected chi connectivity index (χ0v) is 32.1. The van der Waals surface area contributed by atoms with Gasteiger partial charge in [0.1, 0.15) is 36.6 Å². The summed E-state index contributed by atoms with van der Waals surface area (Å²) in [5.74, 6) is -0.640. The summed E-state index contributed by atoms with van der Waals surface area (Å²) in [6, 6.07) is 0. The minimum absolute atomic E-state index is 0.0143. The minimum Gasteiger partial charge on any atom is -0.389 e. The summed E-state index contributed by atoms with van der Waals surface area (Å²) in [7, 11) is 0. The van der Waals surface area contributed by atoms with Crippen molar-refractivity contribution in [2.24, 2.45) is 16.6 Å². The van der Waals surface area contributed by atoms with Crippen molar-refractivity contribution in [2.75, 3.05) is 57.5 Å². The third-order valence-electron chi connectivity index (χ3n) is 10.0. The van der Waals surface area contributed by atoms with Crippen molar-refractivity contribution in [3.8, 4) is 0 Å². The standard InChI is InChI=1S/C34H59ClN8O12/c1-17-52-15-23(54-17)28(48)26(46)21(44)13-43(14-22(45)27(47)29(49)24-16-53-18(2)55-24)10-11-51-20-8-5-7-19(12-20)6-3-4-9-39-34(38)42-33(50)25-31(36)41-32(37)30(35)40-25/h17-24,26-29,44-49H,3-16H2,1-2H3,(H4,36,37,41)(H3,38,39,42,50)/t17-,18+,19?,20?,21+,22?,23?,24?,26-,27?,28-,29?/m1/s1. The molecule has 1 amide bonds. The largest absolute Gasteiger partial charge is 0.389 e. The number of amides is 1. The van der Waals surface area contributed by atoms with E-state index in [0.29, 0.717) is 12.5 Å². The highest BCUT2D eigenvalue weighted by Gasteiger charge is 2.39. The van der Waals surface area contributed by atoms with Gasteiger partial charge in [-0.15, -0.1) is 0 Å². The summed E-state index contributed by atoms with van der Waals surface area (Å²) in [4.78, 5) is 25.9. The Labute approximate surface area is 325 Å². The molecule has 55 heavy (non-hydrogen) atoms. The number of anilines is 2. The van der Waals surface area contributed by atoms with Crippen LogP contribution in [0.1, 0.15) is 69.3 Å². The highest BCUT2D eigenvalue weighted by Crippen LogP contribution is 2.30. The van der Waals surface area contributed by atoms with Crippen LogP contribution in [-0.4, -0.2) is 171 Å². The highest BCUT2D eigenvalue weighted by molar-refractivity contribution is 6.31. The van der Waals surface area contributed by atoms with E-state index in [9.17, 15) is 35.4 Å². The molecular weight excluding hydrogens is 748 g/mol. The molecule has 314 valence electrons. The molecule has 20 nitrogen and oxygen atoms in total. The average molecular weight is 807 g/mol. The predicted molar refractivity (Wildman–Crippen MR) is 198 cm³/mol. The molecule has 3 heterocycles. The summed E-state index contributed by atoms with van der Waals surface area (Å²) in [6.45, 7) is 3.88. The maximum atomic E-state index is 12.4. The van der Waals surface area contributed by atoms with Gasteiger partial charge in [-0.3, -0.25) is 20.0 Å². The summed E-state index contributed by atoms with van der Waals surface area (Å²) in [6.07, 6.45) is -5.42. The number of unbranched alkanes of at least 4 members (excludes halogenated alkanes) is 1. The number of nitrogen functional groups attached to an aromatic ring is 2. The Bertz CT molecular complexity index is 1350. The van der Waals surface area contributed by atoms with Gasteiger partial charge >= 0.3 is 0 Å². The Morgan fingerprint density at radius 1 is 0.945 bits per heavy atom. The van der Waals surface area contributed by atoms with Gasteiger partial charge in [-0.2, -0.15) is 0 Å². The number of aliphatic imine (C=N–C) groups is 1. The van der Waals surface area contributed by atoms with Crippen LogP contribution in [0.3, 0.4) is 0 Å². The first-order chi connectivity index (χ1) is 26.1. The quantitative estimate of drug-likeness (QED) is 0.0390. The number of halogens is 1. The van der Waals surface area contributed by atoms with Crippen molar-refractivity contribution in [3.63, 3.8) is 0 Å². The van der Waals surface area contributed by atoms with Gasteiger partial charge in [0.15, 0.2) is 41.0 Å². The first-order valence-corrected chi connectivity index (χ1v) is 19.2. The van der Waals surface area contributed by atoms with Crippen LogP contribution in [0.4, 0.5) is 11.6 Å². The van der Waals surface area contributed by atoms with E-state index in [1.54, 1.807) is 18.7 Å². The normalized spacial score (nSPS) is 28.1. The Hall–Kier alpha value is -2.57. The number of rotatable bonds is 20. The second-order valence-electron chi connectivity index (χ2n) is 14.4. The molecule has 12 atom stereocenters. The molecule has 1 aliphatic carbocycles. The molecule has 2 aliphatic heterocycles. The monoisotopic (exact) mass is 806 g/mol. The fraction of sp³-hybridized carbons (Fsp3) is 0.824. The lowest BCUT2D eigenvalue weighted by Crippen LogP contribution is -2.53. The first-order valence-electron chi connectivity index (χ1n) is 18.8. The van der Waals surface area contributed by atoms with Crippen LogP contribution in [0.15, 0.2) is 4.99 Å². The fourth-order valence-corrected chi connectivity index (χ4v) is 7.06. The molecule has 7 unspecified atom stereocenters. The number of nitrogens with two attached hydrogens (primary N) is 3. The minimum atomic E-state index is -1.59. The summed E-state index contributed by atoms with van der Waals surface area (Å²) in [5.41, 5.74) is 16.9. The van der Waals surface area contributed by atoms with E-state index in [4.69, 9.17) is 52.5 Å². The number of hydrogen-bond donors (Lipinski definition) is 10. The molecule has 2 saturated heterocycles. The molecule has 21 heteroatoms. The zero-order valence-electron chi connectivity index (χ0n) is 31.4. The number of guanidine groups is 1. The maximum Gasteiger partial charge on any atom is 0.280 e. The Morgan fingerprint density at radius 3 is 2.11 bits per heavy atom. The topological polar surface area (TPSA) is 316 Å². The number of carbonyl (C=O) groups is 1. The third-order valence-corrected chi connectivity index (χ3v) is 10.3.